The number of methoxy groups -OCH3 is 1. The minimum Gasteiger partial charge on any atom is -0.469 e. The van der Waals surface area contributed by atoms with Crippen molar-refractivity contribution in [1.29, 1.82) is 0 Å². The number of likely N-dealkylation sites (N-methyl/N-ethyl adjacent to an activating group) is 1. The Hall–Kier alpha value is -3.47. The molecule has 5 rings (SSSR count). The van der Waals surface area contributed by atoms with E-state index in [0.717, 1.165) is 38.1 Å². The molecular formula is C24H20N2O3. The summed E-state index contributed by atoms with van der Waals surface area (Å²) in [5, 5.41) is 5.21. The first-order chi connectivity index (χ1) is 13.9. The molecule has 144 valence electrons. The predicted octanol–water partition coefficient (Wildman–Crippen LogP) is 4.34. The SMILES string of the molecule is COC(=O)CC1(C)C(=O)N(C)c2cccc3c2c1nc1cc2ccccc2cc13. The summed E-state index contributed by atoms with van der Waals surface area (Å²) < 4.78 is 4.89. The summed E-state index contributed by atoms with van der Waals surface area (Å²) in [7, 11) is 3.09. The molecule has 0 saturated carbocycles. The summed E-state index contributed by atoms with van der Waals surface area (Å²) in [6.45, 7) is 1.79. The average molecular weight is 384 g/mol. The van der Waals surface area contributed by atoms with Gasteiger partial charge >= 0.3 is 5.97 Å². The Morgan fingerprint density at radius 1 is 1.07 bits per heavy atom. The molecule has 0 N–H and O–H groups in total. The van der Waals surface area contributed by atoms with Crippen LogP contribution in [0.15, 0.2) is 54.6 Å². The second-order valence-corrected chi connectivity index (χ2v) is 7.83. The van der Waals surface area contributed by atoms with Crippen molar-refractivity contribution in [1.82, 2.24) is 4.98 Å². The molecule has 5 heteroatoms. The molecule has 5 nitrogen and oxygen atoms in total. The molecule has 1 unspecified atom stereocenters. The van der Waals surface area contributed by atoms with Gasteiger partial charge in [0.05, 0.1) is 30.4 Å². The van der Waals surface area contributed by atoms with Crippen molar-refractivity contribution in [2.45, 2.75) is 18.8 Å². The van der Waals surface area contributed by atoms with Gasteiger partial charge in [0.15, 0.2) is 0 Å². The van der Waals surface area contributed by atoms with Crippen molar-refractivity contribution >= 4 is 50.0 Å². The molecule has 1 aromatic heterocycles. The van der Waals surface area contributed by atoms with Crippen LogP contribution in [0.4, 0.5) is 5.69 Å². The normalized spacial score (nSPS) is 18.6. The molecule has 3 aromatic carbocycles. The van der Waals surface area contributed by atoms with Crippen LogP contribution in [-0.4, -0.2) is 31.0 Å². The van der Waals surface area contributed by atoms with Gasteiger partial charge in [-0.2, -0.15) is 0 Å². The van der Waals surface area contributed by atoms with Gasteiger partial charge in [0, 0.05) is 17.8 Å². The van der Waals surface area contributed by atoms with Crippen molar-refractivity contribution in [2.75, 3.05) is 19.1 Å². The van der Waals surface area contributed by atoms with Crippen molar-refractivity contribution in [3.05, 3.63) is 60.3 Å². The van der Waals surface area contributed by atoms with Gasteiger partial charge in [-0.05, 0) is 41.3 Å². The third-order valence-corrected chi connectivity index (χ3v) is 6.05. The van der Waals surface area contributed by atoms with Gasteiger partial charge < -0.3 is 9.64 Å². The topological polar surface area (TPSA) is 59.5 Å². The fourth-order valence-electron chi connectivity index (χ4n) is 4.51. The van der Waals surface area contributed by atoms with Crippen molar-refractivity contribution in [2.24, 2.45) is 0 Å². The van der Waals surface area contributed by atoms with E-state index in [9.17, 15) is 9.59 Å². The standard InChI is InChI=1S/C24H20N2O3/c1-24(13-20(27)29-3)22-21-16(9-6-10-19(21)26(2)23(24)28)17-11-14-7-4-5-8-15(14)12-18(17)25-22/h4-12H,13H2,1-3H3. The number of nitrogens with zero attached hydrogens (tertiary/aromatic N) is 2. The maximum absolute atomic E-state index is 13.3. The molecule has 0 radical (unpaired) electrons. The van der Waals surface area contributed by atoms with Gasteiger partial charge in [-0.3, -0.25) is 14.6 Å². The number of rotatable bonds is 2. The van der Waals surface area contributed by atoms with Crippen molar-refractivity contribution < 1.29 is 14.3 Å². The number of ether oxygens (including phenoxy) is 1. The second-order valence-electron chi connectivity index (χ2n) is 7.83. The molecule has 0 spiro atoms. The lowest BCUT2D eigenvalue weighted by atomic mass is 9.76. The highest BCUT2D eigenvalue weighted by Crippen LogP contribution is 2.45. The third kappa shape index (κ3) is 2.37. The van der Waals surface area contributed by atoms with Gasteiger partial charge in [0.1, 0.15) is 5.41 Å². The Morgan fingerprint density at radius 3 is 2.52 bits per heavy atom. The maximum atomic E-state index is 13.3. The summed E-state index contributed by atoms with van der Waals surface area (Å²) in [6, 6.07) is 18.3. The van der Waals surface area contributed by atoms with E-state index in [1.165, 1.54) is 7.11 Å². The highest BCUT2D eigenvalue weighted by Gasteiger charge is 2.46. The quantitative estimate of drug-likeness (QED) is 0.293. The first-order valence-corrected chi connectivity index (χ1v) is 9.55. The Morgan fingerprint density at radius 2 is 1.79 bits per heavy atom. The third-order valence-electron chi connectivity index (χ3n) is 6.05. The first kappa shape index (κ1) is 17.6. The second kappa shape index (κ2) is 6.01. The number of amides is 1. The molecule has 1 aliphatic heterocycles. The average Bonchev–Trinajstić information content (AvgIpc) is 2.74. The van der Waals surface area contributed by atoms with Crippen LogP contribution in [0.2, 0.25) is 0 Å². The molecule has 4 aromatic rings. The fourth-order valence-corrected chi connectivity index (χ4v) is 4.51. The number of hydrogen-bond acceptors (Lipinski definition) is 4. The molecule has 1 amide bonds. The first-order valence-electron chi connectivity index (χ1n) is 9.55. The number of carbonyl (C=O) groups is 2. The minimum atomic E-state index is -1.09. The number of esters is 1. The number of hydrogen-bond donors (Lipinski definition) is 0. The zero-order chi connectivity index (χ0) is 20.3. The minimum absolute atomic E-state index is 0.0534. The van der Waals surface area contributed by atoms with E-state index in [0.29, 0.717) is 5.69 Å². The molecule has 0 aliphatic carbocycles. The van der Waals surface area contributed by atoms with E-state index >= 15 is 0 Å². The van der Waals surface area contributed by atoms with Gasteiger partial charge in [-0.1, -0.05) is 36.4 Å². The Bertz CT molecular complexity index is 1340. The predicted molar refractivity (Wildman–Crippen MR) is 114 cm³/mol. The van der Waals surface area contributed by atoms with E-state index in [1.807, 2.05) is 24.3 Å². The van der Waals surface area contributed by atoms with Gasteiger partial charge in [0.2, 0.25) is 5.91 Å². The van der Waals surface area contributed by atoms with Crippen LogP contribution in [0.25, 0.3) is 32.4 Å². The number of fused-ring (bicyclic) bond motifs is 3. The summed E-state index contributed by atoms with van der Waals surface area (Å²) in [4.78, 5) is 32.1. The summed E-state index contributed by atoms with van der Waals surface area (Å²) >= 11 is 0. The van der Waals surface area contributed by atoms with E-state index in [-0.39, 0.29) is 12.3 Å². The van der Waals surface area contributed by atoms with Crippen LogP contribution in [0, 0.1) is 0 Å². The molecule has 0 fully saturated rings. The smallest absolute Gasteiger partial charge is 0.306 e. The summed E-state index contributed by atoms with van der Waals surface area (Å²) in [6.07, 6.45) is -0.0534. The van der Waals surface area contributed by atoms with E-state index in [4.69, 9.17) is 9.72 Å². The number of pyridine rings is 1. The van der Waals surface area contributed by atoms with E-state index in [2.05, 4.69) is 30.3 Å². The summed E-state index contributed by atoms with van der Waals surface area (Å²) in [5.41, 5.74) is 1.18. The molecule has 0 saturated heterocycles. The highest BCUT2D eigenvalue weighted by molar-refractivity contribution is 6.21. The number of aromatic nitrogens is 1. The number of anilines is 1. The van der Waals surface area contributed by atoms with Gasteiger partial charge in [0.25, 0.3) is 0 Å². The lowest BCUT2D eigenvalue weighted by Crippen LogP contribution is -2.48. The van der Waals surface area contributed by atoms with E-state index < -0.39 is 11.4 Å². The van der Waals surface area contributed by atoms with Gasteiger partial charge in [-0.25, -0.2) is 0 Å². The van der Waals surface area contributed by atoms with Crippen LogP contribution in [0.1, 0.15) is 19.0 Å². The van der Waals surface area contributed by atoms with Crippen molar-refractivity contribution in [3.8, 4) is 0 Å². The van der Waals surface area contributed by atoms with Crippen LogP contribution in [-0.2, 0) is 19.7 Å². The van der Waals surface area contributed by atoms with Crippen LogP contribution in [0.5, 0.6) is 0 Å². The maximum Gasteiger partial charge on any atom is 0.306 e. The van der Waals surface area contributed by atoms with Crippen LogP contribution < -0.4 is 4.90 Å². The lowest BCUT2D eigenvalue weighted by molar-refractivity contribution is -0.144. The fraction of sp³-hybridized carbons (Fsp3) is 0.208. The highest BCUT2D eigenvalue weighted by atomic mass is 16.5. The zero-order valence-electron chi connectivity index (χ0n) is 16.5. The lowest BCUT2D eigenvalue weighted by Gasteiger charge is -2.38. The zero-order valence-corrected chi connectivity index (χ0v) is 16.5. The number of benzene rings is 3. The molecule has 0 bridgehead atoms. The number of carbonyl (C=O) groups excluding carboxylic acids is 2. The van der Waals surface area contributed by atoms with Crippen LogP contribution >= 0.6 is 0 Å². The monoisotopic (exact) mass is 384 g/mol. The molecule has 29 heavy (non-hydrogen) atoms. The van der Waals surface area contributed by atoms with Crippen LogP contribution in [0.3, 0.4) is 0 Å². The summed E-state index contributed by atoms with van der Waals surface area (Å²) in [5.74, 6) is -0.585. The van der Waals surface area contributed by atoms with Gasteiger partial charge in [-0.15, -0.1) is 0 Å². The molecular weight excluding hydrogens is 364 g/mol. The molecule has 1 atom stereocenters. The molecule has 2 heterocycles. The largest absolute Gasteiger partial charge is 0.469 e. The Labute approximate surface area is 167 Å². The Kier molecular flexibility index (Phi) is 3.65. The Balaban J connectivity index is 1.94. The van der Waals surface area contributed by atoms with E-state index in [1.54, 1.807) is 18.9 Å². The van der Waals surface area contributed by atoms with Crippen molar-refractivity contribution in [3.63, 3.8) is 0 Å². The molecule has 1 aliphatic rings.